The lowest BCUT2D eigenvalue weighted by Crippen LogP contribution is -2.59. The van der Waals surface area contributed by atoms with E-state index in [1.54, 1.807) is 12.1 Å². The maximum atomic E-state index is 14.1. The van der Waals surface area contributed by atoms with Crippen LogP contribution < -0.4 is 5.32 Å². The number of morpholine rings is 1. The second-order valence-corrected chi connectivity index (χ2v) is 5.21. The molecule has 4 nitrogen and oxygen atoms in total. The van der Waals surface area contributed by atoms with E-state index in [0.717, 1.165) is 31.7 Å². The smallest absolute Gasteiger partial charge is 0.290 e. The van der Waals surface area contributed by atoms with Crippen molar-refractivity contribution in [2.24, 2.45) is 0 Å². The number of rotatable bonds is 1. The third-order valence-electron chi connectivity index (χ3n) is 4.13. The van der Waals surface area contributed by atoms with Crippen LogP contribution in [-0.4, -0.2) is 30.8 Å². The normalized spacial score (nSPS) is 28.0. The molecule has 1 saturated heterocycles. The standard InChI is InChI=1S/C14H17F2NO.CH2O2/c15-11-5-3-4-10(13(11)16)14-7-2-1-6-12(14)18-9-8-17-14;2-1-3/h3-5,12,17H,1-2,6-9H2;1H,(H,2,3). The lowest BCUT2D eigenvalue weighted by Gasteiger charge is -2.48. The zero-order valence-corrected chi connectivity index (χ0v) is 11.6. The molecule has 0 radical (unpaired) electrons. The van der Waals surface area contributed by atoms with E-state index in [1.807, 2.05) is 0 Å². The van der Waals surface area contributed by atoms with Gasteiger partial charge in [0.25, 0.3) is 6.47 Å². The molecule has 6 heteroatoms. The number of ether oxygens (including phenoxy) is 1. The molecule has 116 valence electrons. The van der Waals surface area contributed by atoms with E-state index in [4.69, 9.17) is 14.6 Å². The zero-order valence-electron chi connectivity index (χ0n) is 11.6. The van der Waals surface area contributed by atoms with Gasteiger partial charge in [0.1, 0.15) is 0 Å². The third kappa shape index (κ3) is 3.06. The molecule has 2 atom stereocenters. The van der Waals surface area contributed by atoms with Gasteiger partial charge >= 0.3 is 0 Å². The van der Waals surface area contributed by atoms with E-state index in [1.165, 1.54) is 0 Å². The van der Waals surface area contributed by atoms with Gasteiger partial charge in [-0.25, -0.2) is 8.78 Å². The van der Waals surface area contributed by atoms with Crippen LogP contribution in [0.25, 0.3) is 0 Å². The number of benzene rings is 1. The van der Waals surface area contributed by atoms with Gasteiger partial charge in [-0.3, -0.25) is 4.79 Å². The molecular weight excluding hydrogens is 280 g/mol. The van der Waals surface area contributed by atoms with Crippen LogP contribution >= 0.6 is 0 Å². The van der Waals surface area contributed by atoms with Gasteiger partial charge in [-0.05, 0) is 18.9 Å². The van der Waals surface area contributed by atoms with Crippen molar-refractivity contribution in [3.8, 4) is 0 Å². The highest BCUT2D eigenvalue weighted by atomic mass is 19.2. The Morgan fingerprint density at radius 3 is 2.90 bits per heavy atom. The van der Waals surface area contributed by atoms with Crippen LogP contribution in [0.5, 0.6) is 0 Å². The summed E-state index contributed by atoms with van der Waals surface area (Å²) < 4.78 is 33.3. The molecule has 2 unspecified atom stereocenters. The van der Waals surface area contributed by atoms with Crippen molar-refractivity contribution in [3.63, 3.8) is 0 Å². The van der Waals surface area contributed by atoms with E-state index in [2.05, 4.69) is 5.32 Å². The van der Waals surface area contributed by atoms with Gasteiger partial charge in [-0.1, -0.05) is 25.0 Å². The Morgan fingerprint density at radius 1 is 1.38 bits per heavy atom. The number of carboxylic acid groups (broad SMARTS) is 1. The molecule has 1 heterocycles. The summed E-state index contributed by atoms with van der Waals surface area (Å²) in [6.45, 7) is 1.08. The van der Waals surface area contributed by atoms with E-state index < -0.39 is 17.2 Å². The van der Waals surface area contributed by atoms with E-state index in [9.17, 15) is 8.78 Å². The van der Waals surface area contributed by atoms with Crippen LogP contribution in [0.4, 0.5) is 8.78 Å². The molecule has 0 amide bonds. The molecule has 1 aliphatic carbocycles. The highest BCUT2D eigenvalue weighted by Crippen LogP contribution is 2.41. The molecule has 1 aromatic rings. The van der Waals surface area contributed by atoms with Crippen molar-refractivity contribution < 1.29 is 23.4 Å². The first-order valence-electron chi connectivity index (χ1n) is 7.04. The summed E-state index contributed by atoms with van der Waals surface area (Å²) in [5.74, 6) is -1.51. The predicted molar refractivity (Wildman–Crippen MR) is 72.9 cm³/mol. The molecule has 2 aliphatic rings. The first-order chi connectivity index (χ1) is 10.2. The van der Waals surface area contributed by atoms with Gasteiger partial charge in [0.15, 0.2) is 11.6 Å². The van der Waals surface area contributed by atoms with Crippen molar-refractivity contribution >= 4 is 6.47 Å². The first kappa shape index (κ1) is 15.9. The average Bonchev–Trinajstić information content (AvgIpc) is 2.50. The molecule has 0 spiro atoms. The minimum atomic E-state index is -0.779. The van der Waals surface area contributed by atoms with Gasteiger partial charge in [-0.15, -0.1) is 0 Å². The highest BCUT2D eigenvalue weighted by molar-refractivity contribution is 5.32. The summed E-state index contributed by atoms with van der Waals surface area (Å²) in [5.41, 5.74) is -0.116. The molecule has 1 saturated carbocycles. The molecule has 1 aromatic carbocycles. The molecule has 0 aromatic heterocycles. The summed E-state index contributed by atoms with van der Waals surface area (Å²) in [6, 6.07) is 4.42. The van der Waals surface area contributed by atoms with Gasteiger partial charge in [0.2, 0.25) is 0 Å². The van der Waals surface area contributed by atoms with Gasteiger partial charge in [-0.2, -0.15) is 0 Å². The number of halogens is 2. The summed E-state index contributed by atoms with van der Waals surface area (Å²) in [6.07, 6.45) is 3.77. The number of hydrogen-bond donors (Lipinski definition) is 2. The average molecular weight is 299 g/mol. The lowest BCUT2D eigenvalue weighted by atomic mass is 9.73. The largest absolute Gasteiger partial charge is 0.483 e. The van der Waals surface area contributed by atoms with Crippen molar-refractivity contribution in [1.29, 1.82) is 0 Å². The zero-order chi connectivity index (χ0) is 15.3. The Labute approximate surface area is 122 Å². The van der Waals surface area contributed by atoms with Crippen LogP contribution in [0.2, 0.25) is 0 Å². The number of fused-ring (bicyclic) bond motifs is 1. The van der Waals surface area contributed by atoms with Gasteiger partial charge < -0.3 is 15.2 Å². The fourth-order valence-corrected chi connectivity index (χ4v) is 3.30. The van der Waals surface area contributed by atoms with E-state index in [0.29, 0.717) is 18.7 Å². The molecule has 1 aliphatic heterocycles. The quantitative estimate of drug-likeness (QED) is 0.782. The predicted octanol–water partition coefficient (Wildman–Crippen LogP) is 2.42. The summed E-state index contributed by atoms with van der Waals surface area (Å²) in [5, 5.41) is 10.3. The lowest BCUT2D eigenvalue weighted by molar-refractivity contribution is -0.122. The summed E-state index contributed by atoms with van der Waals surface area (Å²) >= 11 is 0. The van der Waals surface area contributed by atoms with Crippen LogP contribution in [0.15, 0.2) is 18.2 Å². The van der Waals surface area contributed by atoms with Crippen molar-refractivity contribution in [2.45, 2.75) is 37.3 Å². The Hall–Kier alpha value is -1.53. The molecular formula is C15H19F2NO3. The minimum absolute atomic E-state index is 0.0451. The molecule has 2 N–H and O–H groups in total. The second-order valence-electron chi connectivity index (χ2n) is 5.21. The first-order valence-corrected chi connectivity index (χ1v) is 7.04. The Morgan fingerprint density at radius 2 is 2.14 bits per heavy atom. The fraction of sp³-hybridized carbons (Fsp3) is 0.533. The molecule has 3 rings (SSSR count). The second kappa shape index (κ2) is 6.95. The fourth-order valence-electron chi connectivity index (χ4n) is 3.30. The molecule has 0 bridgehead atoms. The van der Waals surface area contributed by atoms with E-state index in [-0.39, 0.29) is 12.6 Å². The Kier molecular flexibility index (Phi) is 5.25. The van der Waals surface area contributed by atoms with Crippen molar-refractivity contribution in [2.75, 3.05) is 13.2 Å². The van der Waals surface area contributed by atoms with Crippen LogP contribution in [0.1, 0.15) is 31.2 Å². The third-order valence-corrected chi connectivity index (χ3v) is 4.13. The van der Waals surface area contributed by atoms with Crippen LogP contribution in [-0.2, 0) is 15.1 Å². The monoisotopic (exact) mass is 299 g/mol. The topological polar surface area (TPSA) is 58.6 Å². The Bertz CT molecular complexity index is 484. The maximum absolute atomic E-state index is 14.1. The van der Waals surface area contributed by atoms with Gasteiger partial charge in [0.05, 0.1) is 18.2 Å². The van der Waals surface area contributed by atoms with Crippen molar-refractivity contribution in [3.05, 3.63) is 35.4 Å². The highest BCUT2D eigenvalue weighted by Gasteiger charge is 2.46. The minimum Gasteiger partial charge on any atom is -0.483 e. The number of nitrogens with one attached hydrogen (secondary N) is 1. The molecule has 2 fully saturated rings. The SMILES string of the molecule is Fc1cccc(C23CCCCC2OCCN3)c1F.O=CO. The number of carbonyl (C=O) groups is 1. The number of hydrogen-bond acceptors (Lipinski definition) is 3. The van der Waals surface area contributed by atoms with Gasteiger partial charge in [0, 0.05) is 12.1 Å². The van der Waals surface area contributed by atoms with E-state index >= 15 is 0 Å². The van der Waals surface area contributed by atoms with Crippen molar-refractivity contribution in [1.82, 2.24) is 5.32 Å². The van der Waals surface area contributed by atoms with Crippen LogP contribution in [0, 0.1) is 11.6 Å². The summed E-state index contributed by atoms with van der Waals surface area (Å²) in [4.78, 5) is 8.36. The summed E-state index contributed by atoms with van der Waals surface area (Å²) in [7, 11) is 0. The maximum Gasteiger partial charge on any atom is 0.290 e. The molecule has 21 heavy (non-hydrogen) atoms. The van der Waals surface area contributed by atoms with Crippen LogP contribution in [0.3, 0.4) is 0 Å². The Balaban J connectivity index is 0.000000497.